The molecule has 0 aromatic rings. The zero-order chi connectivity index (χ0) is 14.8. The van der Waals surface area contributed by atoms with Gasteiger partial charge in [0.15, 0.2) is 0 Å². The van der Waals surface area contributed by atoms with Crippen molar-refractivity contribution < 1.29 is 14.7 Å². The standard InChI is InChI=1S/C15H26N2O3/c1-3-14(4-2)8-9-17(11-14)13(20)16-10-15(12(18)19)6-5-7-15/h3-11H2,1-2H3,(H,16,20)(H,18,19). The number of likely N-dealkylation sites (tertiary alicyclic amines) is 1. The number of carbonyl (C=O) groups is 2. The van der Waals surface area contributed by atoms with Crippen LogP contribution in [0, 0.1) is 10.8 Å². The Labute approximate surface area is 120 Å². The lowest BCUT2D eigenvalue weighted by Gasteiger charge is -2.38. The van der Waals surface area contributed by atoms with Crippen molar-refractivity contribution in [1.82, 2.24) is 10.2 Å². The van der Waals surface area contributed by atoms with Crippen LogP contribution in [0.5, 0.6) is 0 Å². The summed E-state index contributed by atoms with van der Waals surface area (Å²) in [5, 5.41) is 12.1. The van der Waals surface area contributed by atoms with Crippen LogP contribution in [0.15, 0.2) is 0 Å². The van der Waals surface area contributed by atoms with Gasteiger partial charge in [0.2, 0.25) is 0 Å². The summed E-state index contributed by atoms with van der Waals surface area (Å²) < 4.78 is 0. The quantitative estimate of drug-likeness (QED) is 0.814. The van der Waals surface area contributed by atoms with Crippen molar-refractivity contribution in [3.63, 3.8) is 0 Å². The van der Waals surface area contributed by atoms with Crippen LogP contribution in [0.2, 0.25) is 0 Å². The summed E-state index contributed by atoms with van der Waals surface area (Å²) in [5.74, 6) is -0.776. The zero-order valence-corrected chi connectivity index (χ0v) is 12.6. The van der Waals surface area contributed by atoms with E-state index in [2.05, 4.69) is 19.2 Å². The molecule has 2 aliphatic rings. The van der Waals surface area contributed by atoms with Gasteiger partial charge in [-0.05, 0) is 37.5 Å². The van der Waals surface area contributed by atoms with E-state index in [1.54, 1.807) is 0 Å². The smallest absolute Gasteiger partial charge is 0.317 e. The van der Waals surface area contributed by atoms with Crippen LogP contribution in [0.1, 0.15) is 52.4 Å². The first-order valence-electron chi connectivity index (χ1n) is 7.73. The number of aliphatic carboxylic acids is 1. The summed E-state index contributed by atoms with van der Waals surface area (Å²) >= 11 is 0. The number of hydrogen-bond acceptors (Lipinski definition) is 2. The molecule has 1 saturated heterocycles. The highest BCUT2D eigenvalue weighted by Crippen LogP contribution is 2.41. The molecule has 2 rings (SSSR count). The third-order valence-corrected chi connectivity index (χ3v) is 5.57. The van der Waals surface area contributed by atoms with Crippen molar-refractivity contribution in [3.05, 3.63) is 0 Å². The highest BCUT2D eigenvalue weighted by molar-refractivity contribution is 5.79. The van der Waals surface area contributed by atoms with Crippen LogP contribution in [0.4, 0.5) is 4.79 Å². The molecule has 114 valence electrons. The molecule has 5 heteroatoms. The van der Waals surface area contributed by atoms with Gasteiger partial charge in [-0.3, -0.25) is 4.79 Å². The van der Waals surface area contributed by atoms with Crippen LogP contribution in [0.3, 0.4) is 0 Å². The third kappa shape index (κ3) is 2.63. The van der Waals surface area contributed by atoms with E-state index in [1.165, 1.54) is 0 Å². The van der Waals surface area contributed by atoms with E-state index < -0.39 is 11.4 Å². The molecule has 0 atom stereocenters. The van der Waals surface area contributed by atoms with E-state index in [4.69, 9.17) is 0 Å². The minimum absolute atomic E-state index is 0.0960. The molecule has 0 unspecified atom stereocenters. The molecule has 1 saturated carbocycles. The van der Waals surface area contributed by atoms with E-state index in [-0.39, 0.29) is 18.0 Å². The third-order valence-electron chi connectivity index (χ3n) is 5.57. The predicted octanol–water partition coefficient (Wildman–Crippen LogP) is 2.46. The molecule has 2 fully saturated rings. The first-order chi connectivity index (χ1) is 9.47. The van der Waals surface area contributed by atoms with Gasteiger partial charge in [-0.1, -0.05) is 20.3 Å². The number of carboxylic acids is 1. The van der Waals surface area contributed by atoms with Gasteiger partial charge in [-0.15, -0.1) is 0 Å². The maximum Gasteiger partial charge on any atom is 0.317 e. The topological polar surface area (TPSA) is 69.6 Å². The fourth-order valence-corrected chi connectivity index (χ4v) is 3.36. The summed E-state index contributed by atoms with van der Waals surface area (Å²) in [7, 11) is 0. The van der Waals surface area contributed by atoms with Gasteiger partial charge >= 0.3 is 12.0 Å². The lowest BCUT2D eigenvalue weighted by Crippen LogP contribution is -2.50. The lowest BCUT2D eigenvalue weighted by molar-refractivity contribution is -0.153. The Hall–Kier alpha value is -1.26. The molecule has 0 radical (unpaired) electrons. The first kappa shape index (κ1) is 15.1. The van der Waals surface area contributed by atoms with E-state index in [9.17, 15) is 14.7 Å². The summed E-state index contributed by atoms with van der Waals surface area (Å²) in [6.07, 6.45) is 5.53. The fourth-order valence-electron chi connectivity index (χ4n) is 3.36. The van der Waals surface area contributed by atoms with Gasteiger partial charge in [0.1, 0.15) is 0 Å². The van der Waals surface area contributed by atoms with E-state index >= 15 is 0 Å². The predicted molar refractivity (Wildman–Crippen MR) is 76.5 cm³/mol. The Morgan fingerprint density at radius 2 is 1.85 bits per heavy atom. The molecule has 0 spiro atoms. The van der Waals surface area contributed by atoms with Crippen molar-refractivity contribution in [2.75, 3.05) is 19.6 Å². The molecule has 1 aliphatic carbocycles. The average Bonchev–Trinajstić information content (AvgIpc) is 2.82. The molecule has 2 N–H and O–H groups in total. The van der Waals surface area contributed by atoms with Crippen molar-refractivity contribution in [3.8, 4) is 0 Å². The average molecular weight is 282 g/mol. The van der Waals surface area contributed by atoms with Crippen molar-refractivity contribution >= 4 is 12.0 Å². The van der Waals surface area contributed by atoms with Crippen LogP contribution in [-0.4, -0.2) is 41.6 Å². The maximum atomic E-state index is 12.2. The van der Waals surface area contributed by atoms with Gasteiger partial charge in [0, 0.05) is 19.6 Å². The molecular formula is C15H26N2O3. The largest absolute Gasteiger partial charge is 0.481 e. The Bertz CT molecular complexity index is 387. The summed E-state index contributed by atoms with van der Waals surface area (Å²) in [6.45, 7) is 6.21. The Morgan fingerprint density at radius 3 is 2.25 bits per heavy atom. The summed E-state index contributed by atoms with van der Waals surface area (Å²) in [4.78, 5) is 25.3. The summed E-state index contributed by atoms with van der Waals surface area (Å²) in [5.41, 5.74) is -0.444. The zero-order valence-electron chi connectivity index (χ0n) is 12.6. The van der Waals surface area contributed by atoms with Gasteiger partial charge in [-0.2, -0.15) is 0 Å². The van der Waals surface area contributed by atoms with E-state index in [1.807, 2.05) is 4.90 Å². The highest BCUT2D eigenvalue weighted by Gasteiger charge is 2.45. The molecule has 1 aliphatic heterocycles. The second-order valence-corrected chi connectivity index (χ2v) is 6.48. The number of nitrogens with one attached hydrogen (secondary N) is 1. The molecule has 2 amide bonds. The van der Waals surface area contributed by atoms with Gasteiger partial charge in [0.05, 0.1) is 5.41 Å². The van der Waals surface area contributed by atoms with Gasteiger partial charge in [-0.25, -0.2) is 4.79 Å². The van der Waals surface area contributed by atoms with Gasteiger partial charge in [0.25, 0.3) is 0 Å². The number of rotatable bonds is 5. The van der Waals surface area contributed by atoms with Crippen LogP contribution >= 0.6 is 0 Å². The molecule has 1 heterocycles. The van der Waals surface area contributed by atoms with Gasteiger partial charge < -0.3 is 15.3 Å². The van der Waals surface area contributed by atoms with E-state index in [0.29, 0.717) is 12.8 Å². The molecule has 20 heavy (non-hydrogen) atoms. The number of nitrogens with zero attached hydrogens (tertiary/aromatic N) is 1. The number of carbonyl (C=O) groups excluding carboxylic acids is 1. The second kappa shape index (κ2) is 5.62. The van der Waals surface area contributed by atoms with Crippen molar-refractivity contribution in [1.29, 1.82) is 0 Å². The maximum absolute atomic E-state index is 12.2. The Balaban J connectivity index is 1.86. The molecule has 5 nitrogen and oxygen atoms in total. The first-order valence-corrected chi connectivity index (χ1v) is 7.73. The Morgan fingerprint density at radius 1 is 1.20 bits per heavy atom. The Kier molecular flexibility index (Phi) is 4.25. The van der Waals surface area contributed by atoms with Crippen LogP contribution in [0.25, 0.3) is 0 Å². The molecule has 0 bridgehead atoms. The minimum Gasteiger partial charge on any atom is -0.481 e. The normalized spacial score (nSPS) is 23.2. The van der Waals surface area contributed by atoms with Crippen LogP contribution in [-0.2, 0) is 4.79 Å². The van der Waals surface area contributed by atoms with Crippen molar-refractivity contribution in [2.45, 2.75) is 52.4 Å². The summed E-state index contributed by atoms with van der Waals surface area (Å²) in [6, 6.07) is -0.0960. The number of hydrogen-bond donors (Lipinski definition) is 2. The fraction of sp³-hybridized carbons (Fsp3) is 0.867. The number of carboxylic acid groups (broad SMARTS) is 1. The monoisotopic (exact) mass is 282 g/mol. The van der Waals surface area contributed by atoms with E-state index in [0.717, 1.165) is 38.8 Å². The number of amides is 2. The lowest BCUT2D eigenvalue weighted by atomic mass is 9.69. The minimum atomic E-state index is -0.776. The van der Waals surface area contributed by atoms with Crippen molar-refractivity contribution in [2.24, 2.45) is 10.8 Å². The van der Waals surface area contributed by atoms with Crippen LogP contribution < -0.4 is 5.32 Å². The SMILES string of the molecule is CCC1(CC)CCN(C(=O)NCC2(C(=O)O)CCC2)C1. The molecule has 0 aromatic heterocycles. The molecule has 0 aromatic carbocycles. The second-order valence-electron chi connectivity index (χ2n) is 6.48. The number of urea groups is 1. The highest BCUT2D eigenvalue weighted by atomic mass is 16.4. The molecular weight excluding hydrogens is 256 g/mol.